The number of hydrogen-bond acceptors (Lipinski definition) is 3. The molecule has 0 aliphatic heterocycles. The molecule has 1 aromatic rings. The Labute approximate surface area is 86.4 Å². The number of hydrogen-bond donors (Lipinski definition) is 1. The Bertz CT molecular complexity index is 438. The first-order valence-electron chi connectivity index (χ1n) is 4.24. The van der Waals surface area contributed by atoms with Gasteiger partial charge in [-0.2, -0.15) is 0 Å². The lowest BCUT2D eigenvalue weighted by Gasteiger charge is -1.99. The van der Waals surface area contributed by atoms with Crippen LogP contribution < -0.4 is 5.73 Å². The van der Waals surface area contributed by atoms with Crippen molar-refractivity contribution >= 4 is 17.7 Å². The molecule has 0 saturated heterocycles. The van der Waals surface area contributed by atoms with Gasteiger partial charge in [0, 0.05) is 11.6 Å². The van der Waals surface area contributed by atoms with Crippen molar-refractivity contribution in [3.05, 3.63) is 45.5 Å². The number of nitrogens with two attached hydrogens (primary N) is 1. The minimum atomic E-state index is -0.634. The van der Waals surface area contributed by atoms with Crippen LogP contribution in [-0.2, 0) is 4.79 Å². The maximum atomic E-state index is 10.7. The van der Waals surface area contributed by atoms with Crippen LogP contribution in [0, 0.1) is 17.0 Å². The Hall–Kier alpha value is -2.17. The number of nitro groups is 1. The summed E-state index contributed by atoms with van der Waals surface area (Å²) < 4.78 is 0. The summed E-state index contributed by atoms with van der Waals surface area (Å²) in [5, 5.41) is 10.7. The van der Waals surface area contributed by atoms with E-state index in [1.807, 2.05) is 0 Å². The number of rotatable bonds is 3. The molecule has 0 unspecified atom stereocenters. The zero-order valence-corrected chi connectivity index (χ0v) is 8.14. The smallest absolute Gasteiger partial charge is 0.279 e. The molecule has 1 rings (SSSR count). The second kappa shape index (κ2) is 4.36. The summed E-state index contributed by atoms with van der Waals surface area (Å²) in [5.41, 5.74) is 5.83. The Morgan fingerprint density at radius 2 is 2.20 bits per heavy atom. The lowest BCUT2D eigenvalue weighted by atomic mass is 10.1. The van der Waals surface area contributed by atoms with E-state index in [-0.39, 0.29) is 5.69 Å². The van der Waals surface area contributed by atoms with Gasteiger partial charge in [-0.15, -0.1) is 0 Å². The van der Waals surface area contributed by atoms with Gasteiger partial charge in [-0.1, -0.05) is 12.1 Å². The number of nitrogens with zero attached hydrogens (tertiary/aromatic N) is 1. The number of benzene rings is 1. The summed E-state index contributed by atoms with van der Waals surface area (Å²) in [6.07, 6.45) is 2.44. The Morgan fingerprint density at radius 3 is 2.73 bits per heavy atom. The van der Waals surface area contributed by atoms with Crippen molar-refractivity contribution in [2.24, 2.45) is 5.73 Å². The van der Waals surface area contributed by atoms with Crippen LogP contribution in [0.1, 0.15) is 11.1 Å². The average molecular weight is 206 g/mol. The highest BCUT2D eigenvalue weighted by molar-refractivity contribution is 5.91. The zero-order valence-electron chi connectivity index (χ0n) is 8.14. The van der Waals surface area contributed by atoms with Crippen LogP contribution >= 0.6 is 0 Å². The van der Waals surface area contributed by atoms with Gasteiger partial charge in [-0.05, 0) is 19.1 Å². The van der Waals surface area contributed by atoms with E-state index in [9.17, 15) is 14.9 Å². The van der Waals surface area contributed by atoms with Gasteiger partial charge in [-0.25, -0.2) is 0 Å². The van der Waals surface area contributed by atoms with Gasteiger partial charge in [-0.3, -0.25) is 14.9 Å². The molecule has 1 aromatic carbocycles. The number of carbonyl (C=O) groups is 1. The van der Waals surface area contributed by atoms with E-state index in [0.717, 1.165) is 6.08 Å². The summed E-state index contributed by atoms with van der Waals surface area (Å²) in [7, 11) is 0. The van der Waals surface area contributed by atoms with E-state index in [0.29, 0.717) is 11.1 Å². The molecule has 5 nitrogen and oxygen atoms in total. The molecule has 0 fully saturated rings. The van der Waals surface area contributed by atoms with Crippen molar-refractivity contribution in [1.82, 2.24) is 0 Å². The summed E-state index contributed by atoms with van der Waals surface area (Å²) >= 11 is 0. The van der Waals surface area contributed by atoms with Crippen LogP contribution in [0.15, 0.2) is 24.3 Å². The molecule has 0 radical (unpaired) electrons. The molecule has 78 valence electrons. The monoisotopic (exact) mass is 206 g/mol. The third-order valence-corrected chi connectivity index (χ3v) is 1.88. The van der Waals surface area contributed by atoms with Crippen LogP contribution in [-0.4, -0.2) is 10.8 Å². The van der Waals surface area contributed by atoms with Gasteiger partial charge < -0.3 is 5.73 Å². The van der Waals surface area contributed by atoms with Crippen LogP contribution in [0.25, 0.3) is 6.08 Å². The predicted octanol–water partition coefficient (Wildman–Crippen LogP) is 1.40. The first kappa shape index (κ1) is 10.9. The van der Waals surface area contributed by atoms with Crippen molar-refractivity contribution in [3.8, 4) is 0 Å². The number of aryl methyl sites for hydroxylation is 1. The molecule has 15 heavy (non-hydrogen) atoms. The second-order valence-corrected chi connectivity index (χ2v) is 3.01. The van der Waals surface area contributed by atoms with Gasteiger partial charge in [0.05, 0.1) is 10.5 Å². The fraction of sp³-hybridized carbons (Fsp3) is 0.100. The van der Waals surface area contributed by atoms with Gasteiger partial charge in [0.25, 0.3) is 5.69 Å². The standard InChI is InChI=1S/C10H10N2O3/c1-7-3-2-4-8(5-6-9(11)13)10(7)12(14)15/h2-6H,1H3,(H2,11,13). The van der Waals surface area contributed by atoms with Crippen molar-refractivity contribution in [1.29, 1.82) is 0 Å². The summed E-state index contributed by atoms with van der Waals surface area (Å²) in [4.78, 5) is 20.8. The number of para-hydroxylation sites is 1. The van der Waals surface area contributed by atoms with Crippen molar-refractivity contribution in [2.75, 3.05) is 0 Å². The quantitative estimate of drug-likeness (QED) is 0.460. The summed E-state index contributed by atoms with van der Waals surface area (Å²) in [6, 6.07) is 4.88. The molecule has 0 aliphatic carbocycles. The molecule has 0 aromatic heterocycles. The Morgan fingerprint density at radius 1 is 1.53 bits per heavy atom. The first-order chi connectivity index (χ1) is 7.02. The molecule has 1 amide bonds. The van der Waals surface area contributed by atoms with E-state index in [4.69, 9.17) is 5.73 Å². The topological polar surface area (TPSA) is 86.2 Å². The third kappa shape index (κ3) is 2.63. The highest BCUT2D eigenvalue weighted by Crippen LogP contribution is 2.23. The number of carbonyl (C=O) groups excluding carboxylic acids is 1. The van der Waals surface area contributed by atoms with Gasteiger partial charge in [0.15, 0.2) is 0 Å². The second-order valence-electron chi connectivity index (χ2n) is 3.01. The van der Waals surface area contributed by atoms with E-state index in [2.05, 4.69) is 0 Å². The lowest BCUT2D eigenvalue weighted by molar-refractivity contribution is -0.385. The molecule has 0 spiro atoms. The molecule has 2 N–H and O–H groups in total. The maximum absolute atomic E-state index is 10.7. The van der Waals surface area contributed by atoms with E-state index < -0.39 is 10.8 Å². The number of primary amides is 1. The minimum Gasteiger partial charge on any atom is -0.366 e. The predicted molar refractivity (Wildman–Crippen MR) is 56.1 cm³/mol. The fourth-order valence-corrected chi connectivity index (χ4v) is 1.24. The van der Waals surface area contributed by atoms with E-state index in [1.54, 1.807) is 25.1 Å². The van der Waals surface area contributed by atoms with Crippen LogP contribution in [0.3, 0.4) is 0 Å². The average Bonchev–Trinajstić information content (AvgIpc) is 2.13. The van der Waals surface area contributed by atoms with Gasteiger partial charge in [0.2, 0.25) is 5.91 Å². The molecular formula is C10H10N2O3. The third-order valence-electron chi connectivity index (χ3n) is 1.88. The maximum Gasteiger partial charge on any atom is 0.279 e. The number of amides is 1. The van der Waals surface area contributed by atoms with Crippen molar-refractivity contribution in [3.63, 3.8) is 0 Å². The van der Waals surface area contributed by atoms with Crippen molar-refractivity contribution in [2.45, 2.75) is 6.92 Å². The fourth-order valence-electron chi connectivity index (χ4n) is 1.24. The SMILES string of the molecule is Cc1cccc(C=CC(N)=O)c1[N+](=O)[O-]. The normalized spacial score (nSPS) is 10.5. The highest BCUT2D eigenvalue weighted by Gasteiger charge is 2.14. The lowest BCUT2D eigenvalue weighted by Crippen LogP contribution is -2.05. The Kier molecular flexibility index (Phi) is 3.17. The van der Waals surface area contributed by atoms with E-state index >= 15 is 0 Å². The summed E-state index contributed by atoms with van der Waals surface area (Å²) in [6.45, 7) is 1.64. The molecular weight excluding hydrogens is 196 g/mol. The van der Waals surface area contributed by atoms with Gasteiger partial charge >= 0.3 is 0 Å². The van der Waals surface area contributed by atoms with Crippen LogP contribution in [0.4, 0.5) is 5.69 Å². The van der Waals surface area contributed by atoms with Crippen LogP contribution in [0.5, 0.6) is 0 Å². The highest BCUT2D eigenvalue weighted by atomic mass is 16.6. The number of nitro benzene ring substituents is 1. The zero-order chi connectivity index (χ0) is 11.4. The molecule has 0 saturated carbocycles. The largest absolute Gasteiger partial charge is 0.366 e. The Balaban J connectivity index is 3.23. The molecule has 0 aliphatic rings. The van der Waals surface area contributed by atoms with Crippen molar-refractivity contribution < 1.29 is 9.72 Å². The molecule has 0 heterocycles. The first-order valence-corrected chi connectivity index (χ1v) is 4.24. The summed E-state index contributed by atoms with van der Waals surface area (Å²) in [5.74, 6) is -0.634. The molecule has 0 atom stereocenters. The molecule has 5 heteroatoms. The van der Waals surface area contributed by atoms with E-state index in [1.165, 1.54) is 6.08 Å². The van der Waals surface area contributed by atoms with Crippen LogP contribution in [0.2, 0.25) is 0 Å². The minimum absolute atomic E-state index is 0.00463. The molecule has 0 bridgehead atoms. The van der Waals surface area contributed by atoms with Gasteiger partial charge in [0.1, 0.15) is 0 Å².